The standard InChI is InChI=1S/C25H33F3N2O5/c1-15(2)13-19(21(32)34-23(3,4)5)30(25(26,27)28)20(31)17-9-10-18-16(14-17)11-12-29(18)22(33)35-24(6,7)8/h9-12,14-15,19H,13H2,1-8H3/t19-/m0/s1. The number of fused-ring (bicyclic) bond motifs is 1. The van der Waals surface area contributed by atoms with Crippen molar-refractivity contribution in [2.24, 2.45) is 5.92 Å². The van der Waals surface area contributed by atoms with Crippen LogP contribution >= 0.6 is 0 Å². The number of amides is 1. The van der Waals surface area contributed by atoms with Gasteiger partial charge >= 0.3 is 18.4 Å². The van der Waals surface area contributed by atoms with Gasteiger partial charge in [0.2, 0.25) is 0 Å². The van der Waals surface area contributed by atoms with Gasteiger partial charge in [0.1, 0.15) is 17.2 Å². The van der Waals surface area contributed by atoms with Crippen LogP contribution < -0.4 is 0 Å². The normalized spacial score (nSPS) is 13.6. The number of alkyl halides is 3. The zero-order valence-electron chi connectivity index (χ0n) is 21.3. The van der Waals surface area contributed by atoms with Gasteiger partial charge in [-0.15, -0.1) is 13.2 Å². The molecule has 0 saturated heterocycles. The fraction of sp³-hybridized carbons (Fsp3) is 0.560. The maximum atomic E-state index is 14.2. The first kappa shape index (κ1) is 28.2. The van der Waals surface area contributed by atoms with Gasteiger partial charge in [0.15, 0.2) is 0 Å². The van der Waals surface area contributed by atoms with Gasteiger partial charge in [0.05, 0.1) is 5.52 Å². The number of halogens is 3. The predicted octanol–water partition coefficient (Wildman–Crippen LogP) is 6.14. The molecule has 0 N–H and O–H groups in total. The summed E-state index contributed by atoms with van der Waals surface area (Å²) in [4.78, 5) is 38.0. The first-order valence-electron chi connectivity index (χ1n) is 11.3. The Morgan fingerprint density at radius 2 is 1.51 bits per heavy atom. The largest absolute Gasteiger partial charge is 0.488 e. The summed E-state index contributed by atoms with van der Waals surface area (Å²) < 4.78 is 54.2. The maximum absolute atomic E-state index is 14.2. The molecule has 0 aliphatic carbocycles. The summed E-state index contributed by atoms with van der Waals surface area (Å²) in [6, 6.07) is 3.44. The fourth-order valence-corrected chi connectivity index (χ4v) is 3.44. The minimum absolute atomic E-state index is 0.239. The molecule has 10 heteroatoms. The summed E-state index contributed by atoms with van der Waals surface area (Å²) in [5, 5.41) is 0.363. The Hall–Kier alpha value is -3.04. The molecule has 0 radical (unpaired) electrons. The Morgan fingerprint density at radius 3 is 2.00 bits per heavy atom. The van der Waals surface area contributed by atoms with Crippen LogP contribution in [0.5, 0.6) is 0 Å². The monoisotopic (exact) mass is 498 g/mol. The van der Waals surface area contributed by atoms with Gasteiger partial charge in [-0.25, -0.2) is 14.5 Å². The third-order valence-corrected chi connectivity index (χ3v) is 4.70. The van der Waals surface area contributed by atoms with E-state index in [-0.39, 0.29) is 22.8 Å². The van der Waals surface area contributed by atoms with Crippen molar-refractivity contribution in [3.8, 4) is 0 Å². The highest BCUT2D eigenvalue weighted by Crippen LogP contribution is 2.31. The third kappa shape index (κ3) is 7.47. The van der Waals surface area contributed by atoms with Crippen LogP contribution in [0.1, 0.15) is 72.2 Å². The number of hydrogen-bond donors (Lipinski definition) is 0. The Kier molecular flexibility index (Phi) is 7.98. The maximum Gasteiger partial charge on any atom is 0.488 e. The van der Waals surface area contributed by atoms with Gasteiger partial charge < -0.3 is 9.47 Å². The topological polar surface area (TPSA) is 77.8 Å². The van der Waals surface area contributed by atoms with Crippen LogP contribution in [0.2, 0.25) is 0 Å². The van der Waals surface area contributed by atoms with Crippen LogP contribution in [0.3, 0.4) is 0 Å². The number of carbonyl (C=O) groups excluding carboxylic acids is 3. The zero-order valence-corrected chi connectivity index (χ0v) is 21.3. The summed E-state index contributed by atoms with van der Waals surface area (Å²) in [5.41, 5.74) is -1.70. The van der Waals surface area contributed by atoms with Crippen LogP contribution in [0.4, 0.5) is 18.0 Å². The van der Waals surface area contributed by atoms with Crippen LogP contribution in [0, 0.1) is 5.92 Å². The molecule has 0 spiro atoms. The second kappa shape index (κ2) is 9.91. The Labute approximate surface area is 203 Å². The van der Waals surface area contributed by atoms with Crippen molar-refractivity contribution in [2.45, 2.75) is 85.4 Å². The molecule has 0 bridgehead atoms. The summed E-state index contributed by atoms with van der Waals surface area (Å²) >= 11 is 0. The second-order valence-electron chi connectivity index (χ2n) is 10.8. The average Bonchev–Trinajstić information content (AvgIpc) is 3.06. The van der Waals surface area contributed by atoms with Crippen molar-refractivity contribution < 1.29 is 37.0 Å². The minimum atomic E-state index is -5.13. The lowest BCUT2D eigenvalue weighted by Crippen LogP contribution is -2.54. The molecular weight excluding hydrogens is 465 g/mol. The highest BCUT2D eigenvalue weighted by Gasteiger charge is 2.49. The van der Waals surface area contributed by atoms with E-state index >= 15 is 0 Å². The quantitative estimate of drug-likeness (QED) is 0.365. The summed E-state index contributed by atoms with van der Waals surface area (Å²) in [6.07, 6.45) is -4.62. The third-order valence-electron chi connectivity index (χ3n) is 4.70. The SMILES string of the molecule is CC(C)C[C@@H](C(=O)OC(C)(C)C)N(C(=O)c1ccc2c(ccn2C(=O)OC(C)(C)C)c1)C(F)(F)F. The van der Waals surface area contributed by atoms with Gasteiger partial charge in [-0.1, -0.05) is 13.8 Å². The van der Waals surface area contributed by atoms with Crippen molar-refractivity contribution in [1.29, 1.82) is 0 Å². The summed E-state index contributed by atoms with van der Waals surface area (Å²) in [5.74, 6) is -2.84. The van der Waals surface area contributed by atoms with E-state index in [2.05, 4.69) is 0 Å². The van der Waals surface area contributed by atoms with Crippen LogP contribution in [0.15, 0.2) is 30.5 Å². The van der Waals surface area contributed by atoms with E-state index in [0.29, 0.717) is 10.9 Å². The van der Waals surface area contributed by atoms with Crippen molar-refractivity contribution in [2.75, 3.05) is 0 Å². The molecule has 7 nitrogen and oxygen atoms in total. The molecule has 1 aromatic carbocycles. The van der Waals surface area contributed by atoms with Crippen molar-refractivity contribution in [1.82, 2.24) is 9.47 Å². The molecule has 0 unspecified atom stereocenters. The molecule has 0 fully saturated rings. The first-order valence-corrected chi connectivity index (χ1v) is 11.3. The van der Waals surface area contributed by atoms with E-state index in [1.807, 2.05) is 0 Å². The van der Waals surface area contributed by atoms with Gasteiger partial charge in [-0.05, 0) is 78.1 Å². The molecule has 2 aromatic rings. The number of nitrogens with zero attached hydrogens (tertiary/aromatic N) is 2. The highest BCUT2D eigenvalue weighted by molar-refractivity contribution is 6.01. The molecule has 1 atom stereocenters. The van der Waals surface area contributed by atoms with E-state index in [9.17, 15) is 27.6 Å². The number of hydrogen-bond acceptors (Lipinski definition) is 5. The number of aromatic nitrogens is 1. The first-order chi connectivity index (χ1) is 15.8. The lowest BCUT2D eigenvalue weighted by Gasteiger charge is -2.34. The van der Waals surface area contributed by atoms with Crippen LogP contribution in [0.25, 0.3) is 10.9 Å². The molecule has 1 heterocycles. The second-order valence-corrected chi connectivity index (χ2v) is 10.8. The van der Waals surface area contributed by atoms with Crippen LogP contribution in [-0.2, 0) is 14.3 Å². The van der Waals surface area contributed by atoms with E-state index in [4.69, 9.17) is 9.47 Å². The fourth-order valence-electron chi connectivity index (χ4n) is 3.44. The van der Waals surface area contributed by atoms with E-state index in [1.165, 1.54) is 35.0 Å². The molecule has 194 valence electrons. The molecule has 0 aliphatic rings. The summed E-state index contributed by atoms with van der Waals surface area (Å²) in [7, 11) is 0. The predicted molar refractivity (Wildman–Crippen MR) is 125 cm³/mol. The molecule has 2 rings (SSSR count). The number of rotatable bonds is 5. The lowest BCUT2D eigenvalue weighted by atomic mass is 10.0. The Bertz CT molecular complexity index is 1090. The van der Waals surface area contributed by atoms with Gasteiger partial charge in [-0.2, -0.15) is 0 Å². The number of esters is 1. The van der Waals surface area contributed by atoms with E-state index < -0.39 is 41.5 Å². The van der Waals surface area contributed by atoms with Crippen molar-refractivity contribution >= 4 is 28.9 Å². The van der Waals surface area contributed by atoms with Gasteiger partial charge in [-0.3, -0.25) is 9.36 Å². The molecule has 1 aromatic heterocycles. The number of ether oxygens (including phenoxy) is 2. The summed E-state index contributed by atoms with van der Waals surface area (Å²) in [6.45, 7) is 13.1. The molecule has 0 saturated carbocycles. The lowest BCUT2D eigenvalue weighted by molar-refractivity contribution is -0.242. The highest BCUT2D eigenvalue weighted by atomic mass is 19.4. The van der Waals surface area contributed by atoms with Crippen LogP contribution in [-0.4, -0.2) is 51.0 Å². The smallest absolute Gasteiger partial charge is 0.458 e. The van der Waals surface area contributed by atoms with Gasteiger partial charge in [0, 0.05) is 17.1 Å². The van der Waals surface area contributed by atoms with Crippen molar-refractivity contribution in [3.05, 3.63) is 36.0 Å². The van der Waals surface area contributed by atoms with E-state index in [0.717, 1.165) is 0 Å². The molecule has 1 amide bonds. The van der Waals surface area contributed by atoms with E-state index in [1.54, 1.807) is 55.4 Å². The molecule has 35 heavy (non-hydrogen) atoms. The average molecular weight is 499 g/mol. The minimum Gasteiger partial charge on any atom is -0.458 e. The number of benzene rings is 1. The zero-order chi connectivity index (χ0) is 26.9. The number of carbonyl (C=O) groups is 3. The molecule has 0 aliphatic heterocycles. The Morgan fingerprint density at radius 1 is 0.943 bits per heavy atom. The Balaban J connectivity index is 2.49. The van der Waals surface area contributed by atoms with Gasteiger partial charge in [0.25, 0.3) is 5.91 Å². The van der Waals surface area contributed by atoms with Crippen molar-refractivity contribution in [3.63, 3.8) is 0 Å². The molecular formula is C25H33F3N2O5.